The van der Waals surface area contributed by atoms with E-state index in [4.69, 9.17) is 16.3 Å². The lowest BCUT2D eigenvalue weighted by Gasteiger charge is -2.07. The zero-order valence-electron chi connectivity index (χ0n) is 10.1. The van der Waals surface area contributed by atoms with E-state index in [-0.39, 0.29) is 0 Å². The van der Waals surface area contributed by atoms with Gasteiger partial charge in [-0.1, -0.05) is 29.4 Å². The number of ether oxygens (including phenoxy) is 1. The van der Waals surface area contributed by atoms with Gasteiger partial charge in [-0.15, -0.1) is 0 Å². The molecule has 0 unspecified atom stereocenters. The number of methoxy groups -OCH3 is 1. The van der Waals surface area contributed by atoms with Gasteiger partial charge in [-0.2, -0.15) is 0 Å². The van der Waals surface area contributed by atoms with Gasteiger partial charge in [0.2, 0.25) is 0 Å². The fraction of sp³-hybridized carbons (Fsp3) is 0.200. The van der Waals surface area contributed by atoms with Gasteiger partial charge in [0, 0.05) is 14.8 Å². The van der Waals surface area contributed by atoms with Crippen molar-refractivity contribution in [1.82, 2.24) is 0 Å². The Hall–Kier alpha value is -1.12. The number of fused-ring (bicyclic) bond motifs is 2. The van der Waals surface area contributed by atoms with Gasteiger partial charge in [0.05, 0.1) is 7.11 Å². The van der Waals surface area contributed by atoms with Crippen molar-refractivity contribution < 1.29 is 4.74 Å². The Morgan fingerprint density at radius 1 is 1.11 bits per heavy atom. The van der Waals surface area contributed by atoms with Gasteiger partial charge in [-0.3, -0.25) is 0 Å². The molecule has 18 heavy (non-hydrogen) atoms. The molecule has 0 atom stereocenters. The molecular weight excluding hydrogens is 264 g/mol. The molecule has 0 saturated heterocycles. The average Bonchev–Trinajstić information content (AvgIpc) is 2.57. The monoisotopic (exact) mass is 276 g/mol. The molecule has 0 radical (unpaired) electrons. The first-order valence-electron chi connectivity index (χ1n) is 5.90. The third-order valence-electron chi connectivity index (χ3n) is 3.21. The molecule has 0 amide bonds. The van der Waals surface area contributed by atoms with Crippen molar-refractivity contribution in [1.29, 1.82) is 0 Å². The largest absolute Gasteiger partial charge is 0.497 e. The molecule has 0 aliphatic carbocycles. The van der Waals surface area contributed by atoms with E-state index in [2.05, 4.69) is 18.2 Å². The summed E-state index contributed by atoms with van der Waals surface area (Å²) in [6.45, 7) is 0. The Morgan fingerprint density at radius 2 is 2.00 bits per heavy atom. The molecule has 3 rings (SSSR count). The minimum Gasteiger partial charge on any atom is -0.497 e. The summed E-state index contributed by atoms with van der Waals surface area (Å²) in [5, 5.41) is 0.875. The zero-order chi connectivity index (χ0) is 12.5. The lowest BCUT2D eigenvalue weighted by atomic mass is 10.0. The van der Waals surface area contributed by atoms with Crippen LogP contribution in [0.1, 0.15) is 11.1 Å². The van der Waals surface area contributed by atoms with E-state index >= 15 is 0 Å². The highest BCUT2D eigenvalue weighted by atomic mass is 35.5. The molecule has 2 aromatic rings. The van der Waals surface area contributed by atoms with Gasteiger partial charge in [0.25, 0.3) is 0 Å². The predicted octanol–water partition coefficient (Wildman–Crippen LogP) is 4.60. The van der Waals surface area contributed by atoms with E-state index in [9.17, 15) is 0 Å². The highest BCUT2D eigenvalue weighted by Crippen LogP contribution is 2.40. The van der Waals surface area contributed by atoms with Gasteiger partial charge in [0.15, 0.2) is 0 Å². The predicted molar refractivity (Wildman–Crippen MR) is 76.0 cm³/mol. The topological polar surface area (TPSA) is 9.23 Å². The molecule has 0 spiro atoms. The van der Waals surface area contributed by atoms with Crippen LogP contribution in [0.3, 0.4) is 0 Å². The zero-order valence-corrected chi connectivity index (χ0v) is 11.6. The van der Waals surface area contributed by atoms with E-state index in [0.29, 0.717) is 0 Å². The van der Waals surface area contributed by atoms with Crippen LogP contribution in [0.15, 0.2) is 46.2 Å². The average molecular weight is 277 g/mol. The molecule has 0 aromatic heterocycles. The summed E-state index contributed by atoms with van der Waals surface area (Å²) in [6.07, 6.45) is 2.00. The van der Waals surface area contributed by atoms with Crippen LogP contribution in [0.5, 0.6) is 5.75 Å². The van der Waals surface area contributed by atoms with Crippen LogP contribution < -0.4 is 4.74 Å². The van der Waals surface area contributed by atoms with E-state index in [1.807, 2.05) is 18.2 Å². The first kappa shape index (κ1) is 11.9. The lowest BCUT2D eigenvalue weighted by Crippen LogP contribution is -1.92. The van der Waals surface area contributed by atoms with Crippen molar-refractivity contribution in [3.8, 4) is 5.75 Å². The van der Waals surface area contributed by atoms with Gasteiger partial charge < -0.3 is 4.74 Å². The molecule has 0 saturated carbocycles. The summed E-state index contributed by atoms with van der Waals surface area (Å²) in [7, 11) is 1.71. The van der Waals surface area contributed by atoms with Crippen LogP contribution in [-0.2, 0) is 12.8 Å². The van der Waals surface area contributed by atoms with E-state index in [1.165, 1.54) is 20.9 Å². The van der Waals surface area contributed by atoms with Crippen molar-refractivity contribution in [3.05, 3.63) is 52.5 Å². The van der Waals surface area contributed by atoms with Gasteiger partial charge >= 0.3 is 0 Å². The number of hydrogen-bond acceptors (Lipinski definition) is 2. The van der Waals surface area contributed by atoms with Crippen LogP contribution in [0.2, 0.25) is 5.02 Å². The van der Waals surface area contributed by atoms with Crippen LogP contribution in [-0.4, -0.2) is 7.11 Å². The first-order chi connectivity index (χ1) is 8.78. The van der Waals surface area contributed by atoms with Gasteiger partial charge in [-0.05, 0) is 54.3 Å². The van der Waals surface area contributed by atoms with Crippen LogP contribution in [0.25, 0.3) is 0 Å². The van der Waals surface area contributed by atoms with Crippen LogP contribution in [0, 0.1) is 0 Å². The maximum absolute atomic E-state index is 6.28. The van der Waals surface area contributed by atoms with E-state index in [0.717, 1.165) is 23.6 Å². The van der Waals surface area contributed by atoms with Crippen molar-refractivity contribution in [2.24, 2.45) is 0 Å². The smallest absolute Gasteiger partial charge is 0.119 e. The number of benzene rings is 2. The number of aryl methyl sites for hydroxylation is 1. The molecule has 0 bridgehead atoms. The quantitative estimate of drug-likeness (QED) is 0.753. The second-order valence-electron chi connectivity index (χ2n) is 4.29. The fourth-order valence-corrected chi connectivity index (χ4v) is 3.70. The number of rotatable bonds is 1. The molecule has 1 nitrogen and oxygen atoms in total. The fourth-order valence-electron chi connectivity index (χ4n) is 2.23. The Balaban J connectivity index is 2.05. The minimum atomic E-state index is 0.875. The van der Waals surface area contributed by atoms with Crippen molar-refractivity contribution in [3.63, 3.8) is 0 Å². The van der Waals surface area contributed by atoms with E-state index < -0.39 is 0 Å². The Kier molecular flexibility index (Phi) is 3.23. The molecule has 1 aliphatic rings. The van der Waals surface area contributed by atoms with Gasteiger partial charge in [-0.25, -0.2) is 0 Å². The molecule has 1 heterocycles. The summed E-state index contributed by atoms with van der Waals surface area (Å²) in [5.74, 6) is 0.923. The van der Waals surface area contributed by atoms with Crippen LogP contribution >= 0.6 is 23.4 Å². The third-order valence-corrected chi connectivity index (χ3v) is 4.78. The molecule has 1 aliphatic heterocycles. The summed E-state index contributed by atoms with van der Waals surface area (Å²) >= 11 is 8.07. The van der Waals surface area contributed by atoms with Gasteiger partial charge in [0.1, 0.15) is 5.75 Å². The Morgan fingerprint density at radius 3 is 2.83 bits per heavy atom. The Labute approximate surface area is 116 Å². The molecule has 2 aromatic carbocycles. The standard InChI is InChI=1S/C15H13ClOS/c1-17-11-6-8-14-10(9-11)5-7-12-13(16)3-2-4-15(12)18-14/h2-4,6,8-9H,5,7H2,1H3. The van der Waals surface area contributed by atoms with Crippen molar-refractivity contribution in [2.75, 3.05) is 7.11 Å². The van der Waals surface area contributed by atoms with E-state index in [1.54, 1.807) is 18.9 Å². The summed E-state index contributed by atoms with van der Waals surface area (Å²) in [5.41, 5.74) is 2.60. The maximum atomic E-state index is 6.28. The van der Waals surface area contributed by atoms with Crippen molar-refractivity contribution in [2.45, 2.75) is 22.6 Å². The van der Waals surface area contributed by atoms with Crippen LogP contribution in [0.4, 0.5) is 0 Å². The molecule has 3 heteroatoms. The summed E-state index contributed by atoms with van der Waals surface area (Å²) < 4.78 is 5.29. The highest BCUT2D eigenvalue weighted by molar-refractivity contribution is 7.99. The second kappa shape index (κ2) is 4.87. The summed E-state index contributed by atoms with van der Waals surface area (Å²) in [6, 6.07) is 12.4. The third kappa shape index (κ3) is 2.11. The highest BCUT2D eigenvalue weighted by Gasteiger charge is 2.16. The molecule has 0 N–H and O–H groups in total. The molecule has 92 valence electrons. The number of hydrogen-bond donors (Lipinski definition) is 0. The second-order valence-corrected chi connectivity index (χ2v) is 5.78. The minimum absolute atomic E-state index is 0.875. The number of halogens is 1. The molecular formula is C15H13ClOS. The maximum Gasteiger partial charge on any atom is 0.119 e. The Bertz CT molecular complexity index is 595. The SMILES string of the molecule is COc1ccc2c(c1)CCc1c(Cl)cccc1S2. The molecule has 0 fully saturated rings. The lowest BCUT2D eigenvalue weighted by molar-refractivity contribution is 0.414. The first-order valence-corrected chi connectivity index (χ1v) is 7.09. The summed E-state index contributed by atoms with van der Waals surface area (Å²) in [4.78, 5) is 2.57. The van der Waals surface area contributed by atoms with Crippen molar-refractivity contribution >= 4 is 23.4 Å². The normalized spacial score (nSPS) is 13.4.